The van der Waals surface area contributed by atoms with Gasteiger partial charge in [0.25, 0.3) is 17.4 Å². The number of alkyl halides is 2. The average Bonchev–Trinajstić information content (AvgIpc) is 2.80. The highest BCUT2D eigenvalue weighted by Crippen LogP contribution is 2.32. The van der Waals surface area contributed by atoms with Gasteiger partial charge in [-0.3, -0.25) is 9.59 Å². The molecule has 1 aliphatic rings. The fourth-order valence-electron chi connectivity index (χ4n) is 4.27. The van der Waals surface area contributed by atoms with E-state index in [0.717, 1.165) is 21.9 Å². The van der Waals surface area contributed by atoms with Gasteiger partial charge < -0.3 is 9.47 Å². The summed E-state index contributed by atoms with van der Waals surface area (Å²) in [5, 5.41) is 2.39. The lowest BCUT2D eigenvalue weighted by Crippen LogP contribution is -2.42. The number of rotatable bonds is 2. The lowest BCUT2D eigenvalue weighted by atomic mass is 9.96. The van der Waals surface area contributed by atoms with Crippen LogP contribution in [0, 0.1) is 0 Å². The summed E-state index contributed by atoms with van der Waals surface area (Å²) in [7, 11) is 1.67. The third kappa shape index (κ3) is 3.53. The molecular weight excluding hydrogens is 412 g/mol. The molecular formula is C25H21F2N3O2. The van der Waals surface area contributed by atoms with Crippen LogP contribution in [0.5, 0.6) is 0 Å². The standard InChI is InChI=1S/C25H21F2N3O2/c1-29-15-28-22-14-17(5-8-21(22)24(29)32)19-4-2-3-16-13-18(6-7-20(16)19)23(31)30-11-9-25(26,27)10-12-30/h2-8,13-15H,9-12H2,1H3. The lowest BCUT2D eigenvalue weighted by molar-refractivity contribution is -0.0494. The number of fused-ring (bicyclic) bond motifs is 2. The van der Waals surface area contributed by atoms with Crippen molar-refractivity contribution in [2.75, 3.05) is 13.1 Å². The van der Waals surface area contributed by atoms with Gasteiger partial charge in [-0.05, 0) is 46.2 Å². The van der Waals surface area contributed by atoms with Gasteiger partial charge in [0.1, 0.15) is 0 Å². The molecule has 0 bridgehead atoms. The van der Waals surface area contributed by atoms with Crippen LogP contribution in [0.15, 0.2) is 65.7 Å². The molecule has 0 radical (unpaired) electrons. The van der Waals surface area contributed by atoms with E-state index in [-0.39, 0.29) is 37.4 Å². The van der Waals surface area contributed by atoms with Crippen molar-refractivity contribution in [3.05, 3.63) is 76.8 Å². The molecule has 0 N–H and O–H groups in total. The number of piperidine rings is 1. The number of benzene rings is 3. The molecule has 0 spiro atoms. The highest BCUT2D eigenvalue weighted by atomic mass is 19.3. The number of hydrogen-bond acceptors (Lipinski definition) is 3. The van der Waals surface area contributed by atoms with E-state index in [1.54, 1.807) is 19.2 Å². The van der Waals surface area contributed by atoms with E-state index >= 15 is 0 Å². The lowest BCUT2D eigenvalue weighted by Gasteiger charge is -2.31. The number of amides is 1. The van der Waals surface area contributed by atoms with Crippen molar-refractivity contribution in [1.82, 2.24) is 14.5 Å². The largest absolute Gasteiger partial charge is 0.338 e. The van der Waals surface area contributed by atoms with E-state index < -0.39 is 5.92 Å². The molecule has 1 fully saturated rings. The van der Waals surface area contributed by atoms with Crippen LogP contribution in [0.4, 0.5) is 8.78 Å². The molecule has 4 aromatic rings. The zero-order valence-electron chi connectivity index (χ0n) is 17.5. The summed E-state index contributed by atoms with van der Waals surface area (Å²) in [6.45, 7) is 0.126. The Morgan fingerprint density at radius 1 is 1.00 bits per heavy atom. The molecule has 2 heterocycles. The maximum Gasteiger partial charge on any atom is 0.260 e. The van der Waals surface area contributed by atoms with E-state index in [4.69, 9.17) is 0 Å². The zero-order chi connectivity index (χ0) is 22.5. The van der Waals surface area contributed by atoms with Crippen molar-refractivity contribution in [2.45, 2.75) is 18.8 Å². The summed E-state index contributed by atoms with van der Waals surface area (Å²) < 4.78 is 28.3. The number of aryl methyl sites for hydroxylation is 1. The third-order valence-corrected chi connectivity index (χ3v) is 6.14. The van der Waals surface area contributed by atoms with Crippen LogP contribution >= 0.6 is 0 Å². The van der Waals surface area contributed by atoms with Crippen LogP contribution in [-0.4, -0.2) is 39.4 Å². The summed E-state index contributed by atoms with van der Waals surface area (Å²) in [5.41, 5.74) is 2.89. The first kappa shape index (κ1) is 20.3. The minimum Gasteiger partial charge on any atom is -0.338 e. The molecule has 3 aromatic carbocycles. The second-order valence-electron chi connectivity index (χ2n) is 8.28. The van der Waals surface area contributed by atoms with Crippen molar-refractivity contribution in [3.63, 3.8) is 0 Å². The molecule has 0 atom stereocenters. The Morgan fingerprint density at radius 2 is 1.75 bits per heavy atom. The van der Waals surface area contributed by atoms with Crippen molar-refractivity contribution in [3.8, 4) is 11.1 Å². The van der Waals surface area contributed by atoms with Crippen molar-refractivity contribution in [1.29, 1.82) is 0 Å². The molecule has 5 nitrogen and oxygen atoms in total. The smallest absolute Gasteiger partial charge is 0.260 e. The fraction of sp³-hybridized carbons (Fsp3) is 0.240. The van der Waals surface area contributed by atoms with Crippen molar-refractivity contribution in [2.24, 2.45) is 7.05 Å². The van der Waals surface area contributed by atoms with E-state index in [1.165, 1.54) is 15.8 Å². The topological polar surface area (TPSA) is 55.2 Å². The van der Waals surface area contributed by atoms with Crippen molar-refractivity contribution < 1.29 is 13.6 Å². The number of aromatic nitrogens is 2. The number of likely N-dealkylation sites (tertiary alicyclic amines) is 1. The van der Waals surface area contributed by atoms with E-state index in [1.807, 2.05) is 42.5 Å². The normalized spacial score (nSPS) is 15.9. The molecule has 0 unspecified atom stereocenters. The van der Waals surface area contributed by atoms with Gasteiger partial charge in [0.15, 0.2) is 0 Å². The Morgan fingerprint density at radius 3 is 2.53 bits per heavy atom. The van der Waals surface area contributed by atoms with Gasteiger partial charge in [-0.15, -0.1) is 0 Å². The van der Waals surface area contributed by atoms with Crippen LogP contribution in [0.25, 0.3) is 32.8 Å². The Hall–Kier alpha value is -3.61. The molecule has 1 aliphatic heterocycles. The first-order chi connectivity index (χ1) is 15.3. The molecule has 1 saturated heterocycles. The number of halogens is 2. The third-order valence-electron chi connectivity index (χ3n) is 6.14. The summed E-state index contributed by atoms with van der Waals surface area (Å²) in [4.78, 5) is 31.0. The minimum atomic E-state index is -2.69. The maximum atomic E-state index is 13.4. The monoisotopic (exact) mass is 433 g/mol. The first-order valence-corrected chi connectivity index (χ1v) is 10.5. The molecule has 5 rings (SSSR count). The van der Waals surface area contributed by atoms with E-state index in [0.29, 0.717) is 16.5 Å². The number of carbonyl (C=O) groups is 1. The van der Waals surface area contributed by atoms with Crippen LogP contribution < -0.4 is 5.56 Å². The van der Waals surface area contributed by atoms with Gasteiger partial charge >= 0.3 is 0 Å². The Bertz CT molecular complexity index is 1420. The molecule has 1 amide bonds. The van der Waals surface area contributed by atoms with Crippen LogP contribution in [-0.2, 0) is 7.05 Å². The zero-order valence-corrected chi connectivity index (χ0v) is 17.5. The van der Waals surface area contributed by atoms with Gasteiger partial charge in [-0.25, -0.2) is 13.8 Å². The number of hydrogen-bond donors (Lipinski definition) is 0. The van der Waals surface area contributed by atoms with Crippen LogP contribution in [0.3, 0.4) is 0 Å². The molecule has 7 heteroatoms. The summed E-state index contributed by atoms with van der Waals surface area (Å²) >= 11 is 0. The summed E-state index contributed by atoms with van der Waals surface area (Å²) in [5.74, 6) is -2.91. The highest BCUT2D eigenvalue weighted by Gasteiger charge is 2.35. The van der Waals surface area contributed by atoms with Crippen LogP contribution in [0.1, 0.15) is 23.2 Å². The second kappa shape index (κ2) is 7.51. The first-order valence-electron chi connectivity index (χ1n) is 10.5. The molecule has 32 heavy (non-hydrogen) atoms. The second-order valence-corrected chi connectivity index (χ2v) is 8.28. The summed E-state index contributed by atoms with van der Waals surface area (Å²) in [6.07, 6.45) is 0.914. The highest BCUT2D eigenvalue weighted by molar-refractivity contribution is 6.03. The average molecular weight is 433 g/mol. The predicted octanol–water partition coefficient (Wildman–Crippen LogP) is 4.63. The fourth-order valence-corrected chi connectivity index (χ4v) is 4.27. The summed E-state index contributed by atoms with van der Waals surface area (Å²) in [6, 6.07) is 16.8. The molecule has 0 aliphatic carbocycles. The van der Waals surface area contributed by atoms with Gasteiger partial charge in [0.2, 0.25) is 0 Å². The van der Waals surface area contributed by atoms with Crippen molar-refractivity contribution >= 4 is 27.6 Å². The van der Waals surface area contributed by atoms with Gasteiger partial charge in [-0.1, -0.05) is 30.3 Å². The molecule has 0 saturated carbocycles. The molecule has 162 valence electrons. The Labute approximate surface area is 182 Å². The molecule has 1 aromatic heterocycles. The Kier molecular flexibility index (Phi) is 4.77. The van der Waals surface area contributed by atoms with Gasteiger partial charge in [0, 0.05) is 38.5 Å². The van der Waals surface area contributed by atoms with E-state index in [9.17, 15) is 18.4 Å². The predicted molar refractivity (Wildman–Crippen MR) is 120 cm³/mol. The number of carbonyl (C=O) groups excluding carboxylic acids is 1. The SMILES string of the molecule is Cn1cnc2cc(-c3cccc4cc(C(=O)N5CCC(F)(F)CC5)ccc34)ccc2c1=O. The number of nitrogens with zero attached hydrogens (tertiary/aromatic N) is 3. The quantitative estimate of drug-likeness (QED) is 0.463. The van der Waals surface area contributed by atoms with Gasteiger partial charge in [-0.2, -0.15) is 0 Å². The van der Waals surface area contributed by atoms with E-state index in [2.05, 4.69) is 4.98 Å². The van der Waals surface area contributed by atoms with Gasteiger partial charge in [0.05, 0.1) is 17.2 Å². The Balaban J connectivity index is 1.51. The maximum absolute atomic E-state index is 13.4. The van der Waals surface area contributed by atoms with Crippen LogP contribution in [0.2, 0.25) is 0 Å². The minimum absolute atomic E-state index is 0.0630.